The fourth-order valence-electron chi connectivity index (χ4n) is 5.02. The van der Waals surface area contributed by atoms with E-state index in [1.807, 2.05) is 11.9 Å². The first kappa shape index (κ1) is 22.3. The molecule has 0 spiro atoms. The molecule has 4 rings (SSSR count). The van der Waals surface area contributed by atoms with E-state index < -0.39 is 0 Å². The average Bonchev–Trinajstić information content (AvgIpc) is 3.31. The van der Waals surface area contributed by atoms with E-state index in [-0.39, 0.29) is 36.8 Å². The normalized spacial score (nSPS) is 26.7. The highest BCUT2D eigenvalue weighted by Gasteiger charge is 2.39. The summed E-state index contributed by atoms with van der Waals surface area (Å²) in [5.74, 6) is 0.985. The van der Waals surface area contributed by atoms with Crippen LogP contribution >= 0.6 is 24.8 Å². The lowest BCUT2D eigenvalue weighted by Crippen LogP contribution is -2.43. The Morgan fingerprint density at radius 3 is 2.56 bits per heavy atom. The van der Waals surface area contributed by atoms with Crippen LogP contribution < -0.4 is 10.2 Å². The zero-order chi connectivity index (χ0) is 17.2. The van der Waals surface area contributed by atoms with Gasteiger partial charge in [0.25, 0.3) is 0 Å². The van der Waals surface area contributed by atoms with Gasteiger partial charge in [-0.25, -0.2) is 0 Å². The number of carbonyl (C=O) groups is 1. The number of rotatable bonds is 4. The van der Waals surface area contributed by atoms with Crippen LogP contribution in [0.5, 0.6) is 0 Å². The SMILES string of the molecule is CN(Cc1ccccc1N1CCCC1)C(=O)C1CC2CCCCC2N1.Cl.Cl. The predicted molar refractivity (Wildman–Crippen MR) is 116 cm³/mol. The second-order valence-electron chi connectivity index (χ2n) is 8.12. The number of anilines is 1. The van der Waals surface area contributed by atoms with Crippen LogP contribution in [0.15, 0.2) is 24.3 Å². The van der Waals surface area contributed by atoms with Crippen molar-refractivity contribution in [2.24, 2.45) is 5.92 Å². The molecule has 1 aromatic rings. The highest BCUT2D eigenvalue weighted by Crippen LogP contribution is 2.34. The summed E-state index contributed by atoms with van der Waals surface area (Å²) in [6.07, 6.45) is 8.77. The molecule has 1 amide bonds. The Kier molecular flexibility index (Phi) is 8.26. The van der Waals surface area contributed by atoms with Crippen LogP contribution in [-0.4, -0.2) is 43.0 Å². The van der Waals surface area contributed by atoms with Gasteiger partial charge in [0.05, 0.1) is 6.04 Å². The number of hydrogen-bond acceptors (Lipinski definition) is 3. The van der Waals surface area contributed by atoms with Gasteiger partial charge in [-0.3, -0.25) is 4.79 Å². The second kappa shape index (κ2) is 9.99. The molecule has 3 unspecified atom stereocenters. The molecule has 6 heteroatoms. The number of fused-ring (bicyclic) bond motifs is 1. The Hall–Kier alpha value is -0.970. The summed E-state index contributed by atoms with van der Waals surface area (Å²) in [4.78, 5) is 17.4. The largest absolute Gasteiger partial charge is 0.371 e. The van der Waals surface area contributed by atoms with E-state index in [4.69, 9.17) is 0 Å². The number of para-hydroxylation sites is 1. The molecule has 0 bridgehead atoms. The lowest BCUT2D eigenvalue weighted by Gasteiger charge is -2.26. The van der Waals surface area contributed by atoms with Crippen molar-refractivity contribution in [3.63, 3.8) is 0 Å². The maximum Gasteiger partial charge on any atom is 0.239 e. The minimum atomic E-state index is 0. The molecule has 0 radical (unpaired) electrons. The lowest BCUT2D eigenvalue weighted by atomic mass is 9.85. The lowest BCUT2D eigenvalue weighted by molar-refractivity contribution is -0.132. The van der Waals surface area contributed by atoms with Crippen molar-refractivity contribution in [2.45, 2.75) is 63.6 Å². The number of carbonyl (C=O) groups excluding carboxylic acids is 1. The molecule has 3 atom stereocenters. The van der Waals surface area contributed by atoms with Crippen LogP contribution in [0.3, 0.4) is 0 Å². The van der Waals surface area contributed by atoms with Crippen LogP contribution in [0.25, 0.3) is 0 Å². The third-order valence-electron chi connectivity index (χ3n) is 6.38. The van der Waals surface area contributed by atoms with Crippen molar-refractivity contribution >= 4 is 36.4 Å². The molecular formula is C21H33Cl2N3O. The van der Waals surface area contributed by atoms with Gasteiger partial charge in [0.15, 0.2) is 0 Å². The van der Waals surface area contributed by atoms with E-state index in [1.165, 1.54) is 49.8 Å². The number of nitrogens with zero attached hydrogens (tertiary/aromatic N) is 2. The summed E-state index contributed by atoms with van der Waals surface area (Å²) in [6, 6.07) is 9.20. The van der Waals surface area contributed by atoms with Crippen molar-refractivity contribution < 1.29 is 4.79 Å². The van der Waals surface area contributed by atoms with Crippen molar-refractivity contribution in [3.8, 4) is 0 Å². The Morgan fingerprint density at radius 2 is 1.81 bits per heavy atom. The minimum Gasteiger partial charge on any atom is -0.371 e. The number of halogens is 2. The minimum absolute atomic E-state index is 0. The van der Waals surface area contributed by atoms with Crippen molar-refractivity contribution in [2.75, 3.05) is 25.0 Å². The summed E-state index contributed by atoms with van der Waals surface area (Å²) in [6.45, 7) is 2.99. The third-order valence-corrected chi connectivity index (χ3v) is 6.38. The first-order chi connectivity index (χ1) is 12.2. The van der Waals surface area contributed by atoms with E-state index in [2.05, 4.69) is 34.5 Å². The summed E-state index contributed by atoms with van der Waals surface area (Å²) in [5.41, 5.74) is 2.59. The van der Waals surface area contributed by atoms with Gasteiger partial charge in [0.2, 0.25) is 5.91 Å². The van der Waals surface area contributed by atoms with Crippen molar-refractivity contribution in [3.05, 3.63) is 29.8 Å². The standard InChI is InChI=1S/C21H31N3O.2ClH/c1-23(21(25)19-14-16-8-2-4-10-18(16)22-19)15-17-9-3-5-11-20(17)24-12-6-7-13-24;;/h3,5,9,11,16,18-19,22H,2,4,6-8,10,12-15H2,1H3;2*1H. The molecule has 2 aliphatic heterocycles. The quantitative estimate of drug-likeness (QED) is 0.809. The maximum atomic E-state index is 13.0. The average molecular weight is 414 g/mol. The van der Waals surface area contributed by atoms with Gasteiger partial charge in [-0.05, 0) is 49.7 Å². The molecule has 2 heterocycles. The van der Waals surface area contributed by atoms with Crippen LogP contribution in [0.4, 0.5) is 5.69 Å². The van der Waals surface area contributed by atoms with Gasteiger partial charge >= 0.3 is 0 Å². The van der Waals surface area contributed by atoms with Crippen molar-refractivity contribution in [1.82, 2.24) is 10.2 Å². The first-order valence-electron chi connectivity index (χ1n) is 10.1. The smallest absolute Gasteiger partial charge is 0.239 e. The summed E-state index contributed by atoms with van der Waals surface area (Å²) in [7, 11) is 1.97. The Labute approximate surface area is 175 Å². The van der Waals surface area contributed by atoms with Gasteiger partial charge in [0.1, 0.15) is 0 Å². The van der Waals surface area contributed by atoms with E-state index in [9.17, 15) is 4.79 Å². The Morgan fingerprint density at radius 1 is 1.11 bits per heavy atom. The summed E-state index contributed by atoms with van der Waals surface area (Å²) < 4.78 is 0. The summed E-state index contributed by atoms with van der Waals surface area (Å²) in [5, 5.41) is 3.63. The number of hydrogen-bond donors (Lipinski definition) is 1. The van der Waals surface area contributed by atoms with Gasteiger partial charge in [-0.2, -0.15) is 0 Å². The maximum absolute atomic E-state index is 13.0. The number of nitrogens with one attached hydrogen (secondary N) is 1. The fourth-order valence-corrected chi connectivity index (χ4v) is 5.02. The van der Waals surface area contributed by atoms with E-state index >= 15 is 0 Å². The molecule has 1 N–H and O–H groups in total. The van der Waals surface area contributed by atoms with Crippen LogP contribution in [0.1, 0.15) is 50.5 Å². The van der Waals surface area contributed by atoms with Crippen LogP contribution in [0, 0.1) is 5.92 Å². The predicted octanol–water partition coefficient (Wildman–Crippen LogP) is 4.01. The fraction of sp³-hybridized carbons (Fsp3) is 0.667. The van der Waals surface area contributed by atoms with Gasteiger partial charge in [-0.15, -0.1) is 24.8 Å². The molecule has 27 heavy (non-hydrogen) atoms. The monoisotopic (exact) mass is 413 g/mol. The van der Waals surface area contributed by atoms with E-state index in [0.29, 0.717) is 18.5 Å². The first-order valence-corrected chi connectivity index (χ1v) is 10.1. The number of likely N-dealkylation sites (N-methyl/N-ethyl adjacent to an activating group) is 1. The van der Waals surface area contributed by atoms with Crippen LogP contribution in [0.2, 0.25) is 0 Å². The zero-order valence-corrected chi connectivity index (χ0v) is 17.9. The molecule has 3 aliphatic rings. The van der Waals surface area contributed by atoms with E-state index in [0.717, 1.165) is 19.5 Å². The molecular weight excluding hydrogens is 381 g/mol. The molecule has 0 aromatic heterocycles. The van der Waals surface area contributed by atoms with Gasteiger partial charge in [0, 0.05) is 38.4 Å². The molecule has 1 saturated carbocycles. The molecule has 4 nitrogen and oxygen atoms in total. The third kappa shape index (κ3) is 4.90. The number of benzene rings is 1. The molecule has 1 aliphatic carbocycles. The molecule has 3 fully saturated rings. The summed E-state index contributed by atoms with van der Waals surface area (Å²) >= 11 is 0. The highest BCUT2D eigenvalue weighted by molar-refractivity contribution is 5.85. The number of amides is 1. The van der Waals surface area contributed by atoms with Gasteiger partial charge in [-0.1, -0.05) is 31.0 Å². The van der Waals surface area contributed by atoms with Gasteiger partial charge < -0.3 is 15.1 Å². The Balaban J connectivity index is 0.00000131. The molecule has 1 aromatic carbocycles. The van der Waals surface area contributed by atoms with Crippen LogP contribution in [-0.2, 0) is 11.3 Å². The highest BCUT2D eigenvalue weighted by atomic mass is 35.5. The Bertz CT molecular complexity index is 607. The molecule has 2 saturated heterocycles. The molecule has 152 valence electrons. The van der Waals surface area contributed by atoms with Crippen molar-refractivity contribution in [1.29, 1.82) is 0 Å². The second-order valence-corrected chi connectivity index (χ2v) is 8.12. The topological polar surface area (TPSA) is 35.6 Å². The zero-order valence-electron chi connectivity index (χ0n) is 16.2. The van der Waals surface area contributed by atoms with E-state index in [1.54, 1.807) is 0 Å².